The van der Waals surface area contributed by atoms with Crippen LogP contribution in [0.25, 0.3) is 0 Å². The second kappa shape index (κ2) is 14.6. The summed E-state index contributed by atoms with van der Waals surface area (Å²) in [7, 11) is -3.85. The number of sulfonamides is 1. The molecule has 1 saturated carbocycles. The third kappa shape index (κ3) is 8.97. The van der Waals surface area contributed by atoms with Gasteiger partial charge in [-0.25, -0.2) is 8.42 Å². The Morgan fingerprint density at radius 1 is 0.953 bits per heavy atom. The van der Waals surface area contributed by atoms with Crippen LogP contribution in [0.2, 0.25) is 10.0 Å². The summed E-state index contributed by atoms with van der Waals surface area (Å²) < 4.78 is 27.1. The summed E-state index contributed by atoms with van der Waals surface area (Å²) in [6, 6.07) is 20.7. The fourth-order valence-electron chi connectivity index (χ4n) is 5.39. The minimum Gasteiger partial charge on any atom is -0.352 e. The van der Waals surface area contributed by atoms with E-state index in [1.807, 2.05) is 42.5 Å². The number of carbonyl (C=O) groups is 2. The van der Waals surface area contributed by atoms with Gasteiger partial charge >= 0.3 is 0 Å². The zero-order valence-corrected chi connectivity index (χ0v) is 27.1. The van der Waals surface area contributed by atoms with Crippen molar-refractivity contribution < 1.29 is 18.0 Å². The number of anilines is 1. The predicted octanol–water partition coefficient (Wildman–Crippen LogP) is 6.58. The van der Waals surface area contributed by atoms with E-state index >= 15 is 0 Å². The van der Waals surface area contributed by atoms with E-state index in [1.54, 1.807) is 30.3 Å². The van der Waals surface area contributed by atoms with Gasteiger partial charge in [-0.05, 0) is 59.7 Å². The van der Waals surface area contributed by atoms with Crippen LogP contribution in [0.3, 0.4) is 0 Å². The van der Waals surface area contributed by atoms with Gasteiger partial charge in [-0.1, -0.05) is 98.4 Å². The number of rotatable bonds is 12. The van der Waals surface area contributed by atoms with E-state index < -0.39 is 28.5 Å². The average molecular weight is 645 g/mol. The minimum atomic E-state index is -3.85. The van der Waals surface area contributed by atoms with Gasteiger partial charge in [0, 0.05) is 29.1 Å². The van der Waals surface area contributed by atoms with E-state index in [1.165, 1.54) is 4.90 Å². The topological polar surface area (TPSA) is 86.8 Å². The van der Waals surface area contributed by atoms with Gasteiger partial charge in [0.15, 0.2) is 0 Å². The van der Waals surface area contributed by atoms with Crippen molar-refractivity contribution >= 4 is 50.7 Å². The van der Waals surface area contributed by atoms with Crippen LogP contribution < -0.4 is 9.62 Å². The average Bonchev–Trinajstić information content (AvgIpc) is 3.47. The molecule has 7 nitrogen and oxygen atoms in total. The summed E-state index contributed by atoms with van der Waals surface area (Å²) in [5.41, 5.74) is 2.89. The van der Waals surface area contributed by atoms with Gasteiger partial charge < -0.3 is 10.2 Å². The number of hydrogen-bond donors (Lipinski definition) is 1. The summed E-state index contributed by atoms with van der Waals surface area (Å²) in [5, 5.41) is 3.95. The number of hydrogen-bond acceptors (Lipinski definition) is 4. The van der Waals surface area contributed by atoms with Gasteiger partial charge in [0.1, 0.15) is 12.6 Å². The van der Waals surface area contributed by atoms with Crippen LogP contribution in [-0.2, 0) is 32.6 Å². The van der Waals surface area contributed by atoms with Gasteiger partial charge in [0.25, 0.3) is 0 Å². The first kappa shape index (κ1) is 32.8. The number of benzene rings is 3. The molecule has 10 heteroatoms. The van der Waals surface area contributed by atoms with E-state index in [-0.39, 0.29) is 30.8 Å². The van der Waals surface area contributed by atoms with E-state index in [2.05, 4.69) is 19.2 Å². The molecule has 43 heavy (non-hydrogen) atoms. The first-order chi connectivity index (χ1) is 20.4. The fourth-order valence-corrected chi connectivity index (χ4v) is 6.71. The molecule has 0 aromatic heterocycles. The van der Waals surface area contributed by atoms with E-state index in [4.69, 9.17) is 23.2 Å². The molecule has 230 valence electrons. The Balaban J connectivity index is 1.73. The molecular weight excluding hydrogens is 605 g/mol. The summed E-state index contributed by atoms with van der Waals surface area (Å²) in [5.74, 6) is -0.535. The van der Waals surface area contributed by atoms with E-state index in [9.17, 15) is 18.0 Å². The SMILES string of the molecule is CC(C)c1ccc(N(CC(=O)N(Cc2ccc(Cl)cc2Cl)[C@H](Cc2ccccc2)C(=O)NC2CCCC2)S(C)(=O)=O)cc1. The Morgan fingerprint density at radius 2 is 1.60 bits per heavy atom. The Hall–Kier alpha value is -3.07. The molecule has 0 saturated heterocycles. The van der Waals surface area contributed by atoms with Crippen molar-refractivity contribution in [3.63, 3.8) is 0 Å². The first-order valence-corrected chi connectivity index (χ1v) is 17.2. The molecule has 3 aromatic carbocycles. The molecule has 0 aliphatic heterocycles. The molecule has 1 atom stereocenters. The molecule has 0 radical (unpaired) electrons. The molecule has 1 fully saturated rings. The van der Waals surface area contributed by atoms with Gasteiger partial charge in [-0.3, -0.25) is 13.9 Å². The molecule has 0 bridgehead atoms. The van der Waals surface area contributed by atoms with Crippen LogP contribution >= 0.6 is 23.2 Å². The number of carbonyl (C=O) groups excluding carboxylic acids is 2. The fraction of sp³-hybridized carbons (Fsp3) is 0.394. The highest BCUT2D eigenvalue weighted by Crippen LogP contribution is 2.27. The predicted molar refractivity (Wildman–Crippen MR) is 174 cm³/mol. The zero-order valence-electron chi connectivity index (χ0n) is 24.8. The molecule has 4 rings (SSSR count). The molecule has 2 amide bonds. The summed E-state index contributed by atoms with van der Waals surface area (Å²) in [6.07, 6.45) is 5.17. The largest absolute Gasteiger partial charge is 0.352 e. The van der Waals surface area contributed by atoms with Gasteiger partial charge in [0.05, 0.1) is 11.9 Å². The molecule has 0 unspecified atom stereocenters. The van der Waals surface area contributed by atoms with Crippen molar-refractivity contribution in [1.29, 1.82) is 0 Å². The van der Waals surface area contributed by atoms with Crippen molar-refractivity contribution in [3.8, 4) is 0 Å². The summed E-state index contributed by atoms with van der Waals surface area (Å²) >= 11 is 12.7. The lowest BCUT2D eigenvalue weighted by molar-refractivity contribution is -0.140. The van der Waals surface area contributed by atoms with Gasteiger partial charge in [-0.2, -0.15) is 0 Å². The lowest BCUT2D eigenvalue weighted by Crippen LogP contribution is -2.54. The summed E-state index contributed by atoms with van der Waals surface area (Å²) in [4.78, 5) is 29.7. The van der Waals surface area contributed by atoms with Crippen LogP contribution in [0.5, 0.6) is 0 Å². The molecular formula is C33H39Cl2N3O4S. The van der Waals surface area contributed by atoms with Crippen molar-refractivity contribution in [1.82, 2.24) is 10.2 Å². The van der Waals surface area contributed by atoms with E-state index in [0.717, 1.165) is 47.4 Å². The number of nitrogens with zero attached hydrogens (tertiary/aromatic N) is 2. The Kier molecular flexibility index (Phi) is 11.2. The van der Waals surface area contributed by atoms with Crippen LogP contribution in [0, 0.1) is 0 Å². The molecule has 1 aliphatic carbocycles. The third-order valence-electron chi connectivity index (χ3n) is 7.86. The van der Waals surface area contributed by atoms with Gasteiger partial charge in [0.2, 0.25) is 21.8 Å². The van der Waals surface area contributed by atoms with Crippen molar-refractivity contribution in [2.75, 3.05) is 17.1 Å². The number of amides is 2. The Labute approximate surface area is 265 Å². The second-order valence-corrected chi connectivity index (χ2v) is 14.2. The maximum absolute atomic E-state index is 14.3. The van der Waals surface area contributed by atoms with Crippen LogP contribution in [0.4, 0.5) is 5.69 Å². The highest BCUT2D eigenvalue weighted by atomic mass is 35.5. The van der Waals surface area contributed by atoms with Crippen LogP contribution in [0.15, 0.2) is 72.8 Å². The highest BCUT2D eigenvalue weighted by Gasteiger charge is 2.34. The summed E-state index contributed by atoms with van der Waals surface area (Å²) in [6.45, 7) is 3.62. The van der Waals surface area contributed by atoms with Crippen molar-refractivity contribution in [2.24, 2.45) is 0 Å². The third-order valence-corrected chi connectivity index (χ3v) is 9.58. The molecule has 0 heterocycles. The maximum Gasteiger partial charge on any atom is 0.244 e. The molecule has 1 N–H and O–H groups in total. The van der Waals surface area contributed by atoms with Crippen LogP contribution in [0.1, 0.15) is 62.1 Å². The first-order valence-electron chi connectivity index (χ1n) is 14.6. The number of halogens is 2. The molecule has 0 spiro atoms. The van der Waals surface area contributed by atoms with Crippen molar-refractivity contribution in [2.45, 2.75) is 70.5 Å². The van der Waals surface area contributed by atoms with Gasteiger partial charge in [-0.15, -0.1) is 0 Å². The normalized spacial score (nSPS) is 14.5. The number of nitrogens with one attached hydrogen (secondary N) is 1. The zero-order chi connectivity index (χ0) is 31.1. The van der Waals surface area contributed by atoms with Crippen molar-refractivity contribution in [3.05, 3.63) is 99.5 Å². The lowest BCUT2D eigenvalue weighted by atomic mass is 10.0. The smallest absolute Gasteiger partial charge is 0.244 e. The highest BCUT2D eigenvalue weighted by molar-refractivity contribution is 7.92. The quantitative estimate of drug-likeness (QED) is 0.241. The standard InChI is InChI=1S/C33H39Cl2N3O4S/c1-23(2)25-14-17-29(18-15-25)38(43(3,41)42)22-32(39)37(21-26-13-16-27(34)20-30(26)35)31(19-24-9-5-4-6-10-24)33(40)36-28-11-7-8-12-28/h4-6,9-10,13-18,20,23,28,31H,7-8,11-12,19,21-22H2,1-3H3,(H,36,40)/t31-/m1/s1. The Morgan fingerprint density at radius 3 is 2.19 bits per heavy atom. The monoisotopic (exact) mass is 643 g/mol. The molecule has 3 aromatic rings. The van der Waals surface area contributed by atoms with E-state index in [0.29, 0.717) is 21.3 Å². The lowest BCUT2D eigenvalue weighted by Gasteiger charge is -2.34. The maximum atomic E-state index is 14.3. The molecule has 1 aliphatic rings. The minimum absolute atomic E-state index is 0.00564. The second-order valence-electron chi connectivity index (χ2n) is 11.5. The van der Waals surface area contributed by atoms with Crippen LogP contribution in [-0.4, -0.2) is 50.0 Å². The Bertz CT molecular complexity index is 1510.